The van der Waals surface area contributed by atoms with Crippen LogP contribution in [0.25, 0.3) is 0 Å². The summed E-state index contributed by atoms with van der Waals surface area (Å²) in [6.07, 6.45) is 2.32. The Kier molecular flexibility index (Phi) is 4.34. The summed E-state index contributed by atoms with van der Waals surface area (Å²) in [5.41, 5.74) is 2.43. The summed E-state index contributed by atoms with van der Waals surface area (Å²) >= 11 is 0. The largest absolute Gasteiger partial charge is 0.371 e. The quantitative estimate of drug-likeness (QED) is 0.660. The van der Waals surface area contributed by atoms with Crippen molar-refractivity contribution in [2.75, 3.05) is 6.61 Å². The highest BCUT2D eigenvalue weighted by atomic mass is 16.5. The van der Waals surface area contributed by atoms with Gasteiger partial charge in [-0.2, -0.15) is 0 Å². The standard InChI is InChI=1S/C14H22O/c1-5-6-11-15-14(3,4)13-10-8-7-9-12(13)2/h7-10H,5-6,11H2,1-4H3. The van der Waals surface area contributed by atoms with E-state index in [4.69, 9.17) is 4.74 Å². The van der Waals surface area contributed by atoms with Crippen molar-refractivity contribution in [3.05, 3.63) is 35.4 Å². The Bertz CT molecular complexity index is 302. The second kappa shape index (κ2) is 5.32. The Morgan fingerprint density at radius 1 is 1.20 bits per heavy atom. The van der Waals surface area contributed by atoms with Crippen LogP contribution in [0.3, 0.4) is 0 Å². The molecule has 0 aliphatic carbocycles. The van der Waals surface area contributed by atoms with Gasteiger partial charge in [0.15, 0.2) is 0 Å². The van der Waals surface area contributed by atoms with Crippen molar-refractivity contribution in [2.45, 2.75) is 46.1 Å². The lowest BCUT2D eigenvalue weighted by Gasteiger charge is -2.27. The lowest BCUT2D eigenvalue weighted by Crippen LogP contribution is -2.23. The molecule has 84 valence electrons. The molecule has 0 aliphatic heterocycles. The topological polar surface area (TPSA) is 9.23 Å². The summed E-state index contributed by atoms with van der Waals surface area (Å²) in [6.45, 7) is 9.46. The second-order valence-electron chi connectivity index (χ2n) is 4.53. The van der Waals surface area contributed by atoms with E-state index in [1.165, 1.54) is 17.5 Å². The number of unbranched alkanes of at least 4 members (excludes halogenated alkanes) is 1. The van der Waals surface area contributed by atoms with Crippen molar-refractivity contribution in [2.24, 2.45) is 0 Å². The highest BCUT2D eigenvalue weighted by Crippen LogP contribution is 2.27. The predicted molar refractivity (Wildman–Crippen MR) is 65.1 cm³/mol. The van der Waals surface area contributed by atoms with Gasteiger partial charge < -0.3 is 4.74 Å². The van der Waals surface area contributed by atoms with E-state index in [1.54, 1.807) is 0 Å². The van der Waals surface area contributed by atoms with Crippen LogP contribution in [0.2, 0.25) is 0 Å². The summed E-state index contributed by atoms with van der Waals surface area (Å²) < 4.78 is 5.94. The fraction of sp³-hybridized carbons (Fsp3) is 0.571. The van der Waals surface area contributed by atoms with E-state index in [1.807, 2.05) is 0 Å². The van der Waals surface area contributed by atoms with E-state index in [2.05, 4.69) is 52.0 Å². The van der Waals surface area contributed by atoms with Gasteiger partial charge in [-0.1, -0.05) is 37.6 Å². The van der Waals surface area contributed by atoms with E-state index in [0.717, 1.165) is 13.0 Å². The SMILES string of the molecule is CCCCOC(C)(C)c1ccccc1C. The molecular weight excluding hydrogens is 184 g/mol. The number of hydrogen-bond acceptors (Lipinski definition) is 1. The van der Waals surface area contributed by atoms with E-state index < -0.39 is 0 Å². The molecule has 0 aromatic heterocycles. The van der Waals surface area contributed by atoms with Crippen LogP contribution in [0.1, 0.15) is 44.7 Å². The maximum atomic E-state index is 5.94. The van der Waals surface area contributed by atoms with Crippen molar-refractivity contribution < 1.29 is 4.74 Å². The van der Waals surface area contributed by atoms with E-state index >= 15 is 0 Å². The van der Waals surface area contributed by atoms with Crippen LogP contribution in [-0.2, 0) is 10.3 Å². The van der Waals surface area contributed by atoms with Crippen LogP contribution in [0, 0.1) is 6.92 Å². The van der Waals surface area contributed by atoms with Crippen molar-refractivity contribution in [3.8, 4) is 0 Å². The molecular formula is C14H22O. The van der Waals surface area contributed by atoms with Gasteiger partial charge in [0.2, 0.25) is 0 Å². The summed E-state index contributed by atoms with van der Waals surface area (Å²) in [6, 6.07) is 8.44. The molecule has 0 atom stereocenters. The first-order valence-electron chi connectivity index (χ1n) is 5.78. The zero-order valence-electron chi connectivity index (χ0n) is 10.3. The summed E-state index contributed by atoms with van der Waals surface area (Å²) in [5, 5.41) is 0. The zero-order valence-corrected chi connectivity index (χ0v) is 10.3. The number of benzene rings is 1. The molecule has 0 saturated carbocycles. The predicted octanol–water partition coefficient (Wildman–Crippen LogP) is 4.05. The van der Waals surface area contributed by atoms with Crippen LogP contribution in [-0.4, -0.2) is 6.61 Å². The van der Waals surface area contributed by atoms with E-state index in [0.29, 0.717) is 0 Å². The van der Waals surface area contributed by atoms with Gasteiger partial charge in [-0.3, -0.25) is 0 Å². The number of rotatable bonds is 5. The molecule has 1 heteroatoms. The lowest BCUT2D eigenvalue weighted by molar-refractivity contribution is -0.0233. The van der Waals surface area contributed by atoms with Crippen LogP contribution >= 0.6 is 0 Å². The molecule has 0 spiro atoms. The highest BCUT2D eigenvalue weighted by molar-refractivity contribution is 5.30. The molecule has 0 heterocycles. The summed E-state index contributed by atoms with van der Waals surface area (Å²) in [4.78, 5) is 0. The molecule has 0 saturated heterocycles. The fourth-order valence-electron chi connectivity index (χ4n) is 1.80. The normalized spacial score (nSPS) is 11.7. The van der Waals surface area contributed by atoms with Crippen LogP contribution in [0.15, 0.2) is 24.3 Å². The van der Waals surface area contributed by atoms with Gasteiger partial charge in [-0.15, -0.1) is 0 Å². The maximum absolute atomic E-state index is 5.94. The number of aryl methyl sites for hydroxylation is 1. The van der Waals surface area contributed by atoms with E-state index in [9.17, 15) is 0 Å². The molecule has 0 bridgehead atoms. The average molecular weight is 206 g/mol. The zero-order chi connectivity index (χ0) is 11.3. The van der Waals surface area contributed by atoms with Gasteiger partial charge in [0, 0.05) is 6.61 Å². The van der Waals surface area contributed by atoms with Crippen molar-refractivity contribution in [3.63, 3.8) is 0 Å². The van der Waals surface area contributed by atoms with Gasteiger partial charge in [0.1, 0.15) is 0 Å². The molecule has 0 fully saturated rings. The van der Waals surface area contributed by atoms with Crippen molar-refractivity contribution in [1.29, 1.82) is 0 Å². The van der Waals surface area contributed by atoms with Crippen molar-refractivity contribution >= 4 is 0 Å². The van der Waals surface area contributed by atoms with Gasteiger partial charge in [0.05, 0.1) is 5.60 Å². The summed E-state index contributed by atoms with van der Waals surface area (Å²) in [7, 11) is 0. The van der Waals surface area contributed by atoms with Crippen LogP contribution in [0.4, 0.5) is 0 Å². The van der Waals surface area contributed by atoms with Crippen LogP contribution in [0.5, 0.6) is 0 Å². The Hall–Kier alpha value is -0.820. The van der Waals surface area contributed by atoms with Gasteiger partial charge in [-0.05, 0) is 38.3 Å². The van der Waals surface area contributed by atoms with Gasteiger partial charge in [0.25, 0.3) is 0 Å². The van der Waals surface area contributed by atoms with Crippen molar-refractivity contribution in [1.82, 2.24) is 0 Å². The molecule has 0 aliphatic rings. The minimum absolute atomic E-state index is 0.166. The molecule has 1 nitrogen and oxygen atoms in total. The Balaban J connectivity index is 2.72. The smallest absolute Gasteiger partial charge is 0.0877 e. The average Bonchev–Trinajstić information content (AvgIpc) is 2.18. The number of ether oxygens (including phenoxy) is 1. The molecule has 0 amide bonds. The molecule has 0 radical (unpaired) electrons. The number of hydrogen-bond donors (Lipinski definition) is 0. The van der Waals surface area contributed by atoms with E-state index in [-0.39, 0.29) is 5.60 Å². The Morgan fingerprint density at radius 3 is 2.47 bits per heavy atom. The third-order valence-electron chi connectivity index (χ3n) is 2.75. The monoisotopic (exact) mass is 206 g/mol. The first-order chi connectivity index (χ1) is 7.08. The Labute approximate surface area is 93.5 Å². The maximum Gasteiger partial charge on any atom is 0.0877 e. The molecule has 1 rings (SSSR count). The molecule has 1 aromatic rings. The first kappa shape index (κ1) is 12.3. The first-order valence-corrected chi connectivity index (χ1v) is 5.78. The minimum Gasteiger partial charge on any atom is -0.371 e. The van der Waals surface area contributed by atoms with Crippen LogP contribution < -0.4 is 0 Å². The molecule has 1 aromatic carbocycles. The minimum atomic E-state index is -0.166. The third-order valence-corrected chi connectivity index (χ3v) is 2.75. The van der Waals surface area contributed by atoms with Gasteiger partial charge in [-0.25, -0.2) is 0 Å². The highest BCUT2D eigenvalue weighted by Gasteiger charge is 2.22. The lowest BCUT2D eigenvalue weighted by atomic mass is 9.93. The van der Waals surface area contributed by atoms with Gasteiger partial charge >= 0.3 is 0 Å². The molecule has 0 unspecified atom stereocenters. The fourth-order valence-corrected chi connectivity index (χ4v) is 1.80. The summed E-state index contributed by atoms with van der Waals surface area (Å²) in [5.74, 6) is 0. The Morgan fingerprint density at radius 2 is 1.87 bits per heavy atom. The second-order valence-corrected chi connectivity index (χ2v) is 4.53. The molecule has 0 N–H and O–H groups in total. The third kappa shape index (κ3) is 3.35. The molecule has 15 heavy (non-hydrogen) atoms.